The number of nitrogens with one attached hydrogen (secondary N) is 2. The molecule has 1 saturated carbocycles. The average Bonchev–Trinajstić information content (AvgIpc) is 2.66. The van der Waals surface area contributed by atoms with E-state index in [1.165, 1.54) is 6.42 Å². The summed E-state index contributed by atoms with van der Waals surface area (Å²) < 4.78 is 4.98. The van der Waals surface area contributed by atoms with Crippen molar-refractivity contribution >= 4 is 17.3 Å². The first-order chi connectivity index (χ1) is 12.6. The molecule has 26 heavy (non-hydrogen) atoms. The van der Waals surface area contributed by atoms with Gasteiger partial charge in [-0.1, -0.05) is 25.3 Å². The highest BCUT2D eigenvalue weighted by Gasteiger charge is 2.20. The topological polar surface area (TPSA) is 93.5 Å². The van der Waals surface area contributed by atoms with Gasteiger partial charge in [-0.05, 0) is 37.3 Å². The lowest BCUT2D eigenvalue weighted by Crippen LogP contribution is -2.33. The number of hydrogen-bond acceptors (Lipinski definition) is 5. The predicted octanol–water partition coefficient (Wildman–Crippen LogP) is 3.28. The first-order valence-electron chi connectivity index (χ1n) is 9.39. The van der Waals surface area contributed by atoms with Crippen molar-refractivity contribution in [2.75, 3.05) is 32.1 Å². The standard InChI is InChI=1S/C19H29N3O4/c1-26-13-5-11-20-17-9-8-15(14-18(17)22(24)25)10-12-21-19(23)16-6-3-2-4-7-16/h8-9,14,16,20H,2-7,10-13H2,1H3,(H,21,23). The Kier molecular flexibility index (Phi) is 8.34. The van der Waals surface area contributed by atoms with Crippen molar-refractivity contribution in [1.29, 1.82) is 0 Å². The van der Waals surface area contributed by atoms with Gasteiger partial charge in [-0.15, -0.1) is 0 Å². The summed E-state index contributed by atoms with van der Waals surface area (Å²) in [6.45, 7) is 1.73. The Labute approximate surface area is 154 Å². The molecule has 0 heterocycles. The molecule has 2 N–H and O–H groups in total. The number of amides is 1. The number of benzene rings is 1. The van der Waals surface area contributed by atoms with Crippen LogP contribution in [-0.4, -0.2) is 37.6 Å². The number of rotatable bonds is 10. The molecule has 0 aromatic heterocycles. The molecule has 0 radical (unpaired) electrons. The van der Waals surface area contributed by atoms with Crippen LogP contribution in [0.5, 0.6) is 0 Å². The van der Waals surface area contributed by atoms with E-state index in [0.29, 0.717) is 31.8 Å². The van der Waals surface area contributed by atoms with Gasteiger partial charge in [-0.25, -0.2) is 0 Å². The van der Waals surface area contributed by atoms with Gasteiger partial charge in [0, 0.05) is 38.8 Å². The van der Waals surface area contributed by atoms with Crippen LogP contribution in [0, 0.1) is 16.0 Å². The van der Waals surface area contributed by atoms with Gasteiger partial charge in [-0.2, -0.15) is 0 Å². The zero-order chi connectivity index (χ0) is 18.8. The molecule has 7 heteroatoms. The van der Waals surface area contributed by atoms with Crippen LogP contribution in [0.3, 0.4) is 0 Å². The number of nitro groups is 1. The van der Waals surface area contributed by atoms with Crippen molar-refractivity contribution in [2.45, 2.75) is 44.9 Å². The molecule has 0 spiro atoms. The number of ether oxygens (including phenoxy) is 1. The number of nitrogens with zero attached hydrogens (tertiary/aromatic N) is 1. The van der Waals surface area contributed by atoms with Gasteiger partial charge in [0.2, 0.25) is 5.91 Å². The summed E-state index contributed by atoms with van der Waals surface area (Å²) in [6.07, 6.45) is 6.79. The van der Waals surface area contributed by atoms with Crippen molar-refractivity contribution in [2.24, 2.45) is 5.92 Å². The quantitative estimate of drug-likeness (QED) is 0.378. The van der Waals surface area contributed by atoms with Crippen molar-refractivity contribution in [3.63, 3.8) is 0 Å². The number of methoxy groups -OCH3 is 1. The Balaban J connectivity index is 1.85. The van der Waals surface area contributed by atoms with E-state index in [1.807, 2.05) is 6.07 Å². The third kappa shape index (κ3) is 6.29. The zero-order valence-corrected chi connectivity index (χ0v) is 15.5. The van der Waals surface area contributed by atoms with Crippen LogP contribution in [0.25, 0.3) is 0 Å². The van der Waals surface area contributed by atoms with Gasteiger partial charge in [-0.3, -0.25) is 14.9 Å². The van der Waals surface area contributed by atoms with Crippen LogP contribution < -0.4 is 10.6 Å². The molecule has 2 rings (SSSR count). The van der Waals surface area contributed by atoms with Crippen LogP contribution in [-0.2, 0) is 16.0 Å². The Hall–Kier alpha value is -2.15. The van der Waals surface area contributed by atoms with Crippen LogP contribution >= 0.6 is 0 Å². The Morgan fingerprint density at radius 2 is 2.04 bits per heavy atom. The van der Waals surface area contributed by atoms with Gasteiger partial charge in [0.05, 0.1) is 4.92 Å². The largest absolute Gasteiger partial charge is 0.385 e. The summed E-state index contributed by atoms with van der Waals surface area (Å²) in [6, 6.07) is 5.20. The number of carbonyl (C=O) groups excluding carboxylic acids is 1. The van der Waals surface area contributed by atoms with E-state index in [1.54, 1.807) is 19.2 Å². The number of hydrogen-bond donors (Lipinski definition) is 2. The van der Waals surface area contributed by atoms with Crippen molar-refractivity contribution in [1.82, 2.24) is 5.32 Å². The maximum atomic E-state index is 12.1. The summed E-state index contributed by atoms with van der Waals surface area (Å²) >= 11 is 0. The summed E-state index contributed by atoms with van der Waals surface area (Å²) in [5, 5.41) is 17.4. The van der Waals surface area contributed by atoms with E-state index < -0.39 is 0 Å². The van der Waals surface area contributed by atoms with E-state index in [-0.39, 0.29) is 22.4 Å². The summed E-state index contributed by atoms with van der Waals surface area (Å²) in [4.78, 5) is 23.1. The maximum Gasteiger partial charge on any atom is 0.292 e. The molecule has 1 aliphatic carbocycles. The molecule has 7 nitrogen and oxygen atoms in total. The third-order valence-electron chi connectivity index (χ3n) is 4.79. The lowest BCUT2D eigenvalue weighted by atomic mass is 9.88. The lowest BCUT2D eigenvalue weighted by molar-refractivity contribution is -0.384. The third-order valence-corrected chi connectivity index (χ3v) is 4.79. The number of nitro benzene ring substituents is 1. The van der Waals surface area contributed by atoms with E-state index in [2.05, 4.69) is 10.6 Å². The van der Waals surface area contributed by atoms with Crippen molar-refractivity contribution in [3.05, 3.63) is 33.9 Å². The van der Waals surface area contributed by atoms with E-state index in [4.69, 9.17) is 4.74 Å². The molecular weight excluding hydrogens is 334 g/mol. The molecule has 1 amide bonds. The fourth-order valence-electron chi connectivity index (χ4n) is 3.31. The first-order valence-corrected chi connectivity index (χ1v) is 9.39. The number of anilines is 1. The lowest BCUT2D eigenvalue weighted by Gasteiger charge is -2.20. The maximum absolute atomic E-state index is 12.1. The molecule has 1 fully saturated rings. The predicted molar refractivity (Wildman–Crippen MR) is 101 cm³/mol. The Bertz CT molecular complexity index is 600. The van der Waals surface area contributed by atoms with E-state index in [9.17, 15) is 14.9 Å². The fraction of sp³-hybridized carbons (Fsp3) is 0.632. The normalized spacial score (nSPS) is 14.8. The highest BCUT2D eigenvalue weighted by molar-refractivity contribution is 5.78. The Morgan fingerprint density at radius 1 is 1.27 bits per heavy atom. The van der Waals surface area contributed by atoms with Crippen molar-refractivity contribution in [3.8, 4) is 0 Å². The van der Waals surface area contributed by atoms with E-state index >= 15 is 0 Å². The SMILES string of the molecule is COCCCNc1ccc(CCNC(=O)C2CCCCC2)cc1[N+](=O)[O-]. The minimum atomic E-state index is -0.372. The molecule has 0 aliphatic heterocycles. The second-order valence-electron chi connectivity index (χ2n) is 6.76. The number of carbonyl (C=O) groups is 1. The van der Waals surface area contributed by atoms with Crippen molar-refractivity contribution < 1.29 is 14.5 Å². The average molecular weight is 363 g/mol. The van der Waals surface area contributed by atoms with Gasteiger partial charge in [0.15, 0.2) is 0 Å². The Morgan fingerprint density at radius 3 is 2.73 bits per heavy atom. The summed E-state index contributed by atoms with van der Waals surface area (Å²) in [5.74, 6) is 0.257. The van der Waals surface area contributed by atoms with Crippen LogP contribution in [0.2, 0.25) is 0 Å². The zero-order valence-electron chi connectivity index (χ0n) is 15.5. The van der Waals surface area contributed by atoms with E-state index in [0.717, 1.165) is 37.7 Å². The van der Waals surface area contributed by atoms with Crippen LogP contribution in [0.15, 0.2) is 18.2 Å². The molecule has 0 atom stereocenters. The molecule has 1 aromatic rings. The second-order valence-corrected chi connectivity index (χ2v) is 6.76. The second kappa shape index (κ2) is 10.8. The molecule has 144 valence electrons. The minimum absolute atomic E-state index is 0.0681. The fourth-order valence-corrected chi connectivity index (χ4v) is 3.31. The van der Waals surface area contributed by atoms with Crippen LogP contribution in [0.4, 0.5) is 11.4 Å². The summed E-state index contributed by atoms with van der Waals surface area (Å²) in [7, 11) is 1.63. The highest BCUT2D eigenvalue weighted by Crippen LogP contribution is 2.26. The molecule has 0 unspecified atom stereocenters. The smallest absolute Gasteiger partial charge is 0.292 e. The van der Waals surface area contributed by atoms with Gasteiger partial charge in [0.25, 0.3) is 5.69 Å². The monoisotopic (exact) mass is 363 g/mol. The first kappa shape index (κ1) is 20.2. The van der Waals surface area contributed by atoms with Gasteiger partial charge >= 0.3 is 0 Å². The van der Waals surface area contributed by atoms with Gasteiger partial charge in [0.1, 0.15) is 5.69 Å². The molecular formula is C19H29N3O4. The molecule has 0 saturated heterocycles. The summed E-state index contributed by atoms with van der Waals surface area (Å²) in [5.41, 5.74) is 1.43. The molecule has 1 aromatic carbocycles. The molecule has 0 bridgehead atoms. The van der Waals surface area contributed by atoms with Crippen LogP contribution in [0.1, 0.15) is 44.1 Å². The van der Waals surface area contributed by atoms with Gasteiger partial charge < -0.3 is 15.4 Å². The molecule has 1 aliphatic rings. The minimum Gasteiger partial charge on any atom is -0.385 e. The highest BCUT2D eigenvalue weighted by atomic mass is 16.6.